The fourth-order valence-electron chi connectivity index (χ4n) is 3.38. The van der Waals surface area contributed by atoms with Crippen molar-refractivity contribution >= 4 is 17.5 Å². The van der Waals surface area contributed by atoms with Gasteiger partial charge in [-0.3, -0.25) is 9.59 Å². The van der Waals surface area contributed by atoms with Crippen LogP contribution in [0.5, 0.6) is 5.75 Å². The van der Waals surface area contributed by atoms with E-state index in [9.17, 15) is 9.59 Å². The number of hydrogen-bond acceptors (Lipinski definition) is 3. The number of rotatable bonds is 6. The van der Waals surface area contributed by atoms with E-state index in [4.69, 9.17) is 4.74 Å². The summed E-state index contributed by atoms with van der Waals surface area (Å²) in [5.41, 5.74) is 3.02. The average molecular weight is 350 g/mol. The second-order valence-electron chi connectivity index (χ2n) is 6.95. The molecule has 134 valence electrons. The molecule has 1 aliphatic carbocycles. The van der Waals surface area contributed by atoms with Crippen molar-refractivity contribution in [1.82, 2.24) is 5.32 Å². The standard InChI is InChI=1S/C21H22N2O3/c24-19-11-8-16-12-17(9-10-18(16)22-19)26-13-20(25)23-21(15-6-7-15)14-4-2-1-3-5-14/h1-5,9-10,12,15,21H,6-8,11,13H2,(H,22,24)(H,23,25). The van der Waals surface area contributed by atoms with Gasteiger partial charge in [-0.15, -0.1) is 0 Å². The molecule has 0 saturated heterocycles. The zero-order chi connectivity index (χ0) is 17.9. The summed E-state index contributed by atoms with van der Waals surface area (Å²) in [5.74, 6) is 1.10. The highest BCUT2D eigenvalue weighted by Crippen LogP contribution is 2.40. The number of carbonyl (C=O) groups excluding carboxylic acids is 2. The molecule has 1 unspecified atom stereocenters. The lowest BCUT2D eigenvalue weighted by Gasteiger charge is -2.20. The maximum Gasteiger partial charge on any atom is 0.258 e. The molecule has 2 amide bonds. The summed E-state index contributed by atoms with van der Waals surface area (Å²) >= 11 is 0. The maximum absolute atomic E-state index is 12.4. The van der Waals surface area contributed by atoms with Gasteiger partial charge in [0.2, 0.25) is 5.91 Å². The van der Waals surface area contributed by atoms with E-state index >= 15 is 0 Å². The topological polar surface area (TPSA) is 67.4 Å². The summed E-state index contributed by atoms with van der Waals surface area (Å²) in [4.78, 5) is 23.8. The van der Waals surface area contributed by atoms with Gasteiger partial charge < -0.3 is 15.4 Å². The monoisotopic (exact) mass is 350 g/mol. The molecule has 5 nitrogen and oxygen atoms in total. The van der Waals surface area contributed by atoms with Crippen molar-refractivity contribution in [2.24, 2.45) is 5.92 Å². The van der Waals surface area contributed by atoms with Gasteiger partial charge in [0.25, 0.3) is 5.91 Å². The molecule has 0 bridgehead atoms. The number of aryl methyl sites for hydroxylation is 1. The van der Waals surface area contributed by atoms with Crippen molar-refractivity contribution < 1.29 is 14.3 Å². The Balaban J connectivity index is 1.36. The Hall–Kier alpha value is -2.82. The van der Waals surface area contributed by atoms with Crippen LogP contribution in [-0.4, -0.2) is 18.4 Å². The first-order chi connectivity index (χ1) is 12.7. The highest BCUT2D eigenvalue weighted by atomic mass is 16.5. The molecule has 1 atom stereocenters. The van der Waals surface area contributed by atoms with E-state index in [0.717, 1.165) is 29.7 Å². The number of ether oxygens (including phenoxy) is 1. The molecule has 0 spiro atoms. The summed E-state index contributed by atoms with van der Waals surface area (Å²) < 4.78 is 5.67. The summed E-state index contributed by atoms with van der Waals surface area (Å²) in [7, 11) is 0. The molecule has 1 saturated carbocycles. The van der Waals surface area contributed by atoms with Crippen LogP contribution in [0.1, 0.15) is 36.4 Å². The Morgan fingerprint density at radius 1 is 1.15 bits per heavy atom. The summed E-state index contributed by atoms with van der Waals surface area (Å²) in [6.07, 6.45) is 3.48. The van der Waals surface area contributed by atoms with Crippen molar-refractivity contribution in [3.05, 3.63) is 59.7 Å². The second kappa shape index (κ2) is 7.20. The molecule has 26 heavy (non-hydrogen) atoms. The summed E-state index contributed by atoms with van der Waals surface area (Å²) in [6, 6.07) is 15.7. The molecular formula is C21H22N2O3. The number of benzene rings is 2. The quantitative estimate of drug-likeness (QED) is 0.841. The Bertz CT molecular complexity index is 815. The molecule has 1 aliphatic heterocycles. The lowest BCUT2D eigenvalue weighted by Crippen LogP contribution is -2.33. The molecule has 2 aliphatic rings. The average Bonchev–Trinajstić information content (AvgIpc) is 3.50. The minimum Gasteiger partial charge on any atom is -0.484 e. The first-order valence-electron chi connectivity index (χ1n) is 9.09. The van der Waals surface area contributed by atoms with Gasteiger partial charge in [0.15, 0.2) is 6.61 Å². The Kier molecular flexibility index (Phi) is 4.61. The summed E-state index contributed by atoms with van der Waals surface area (Å²) in [5, 5.41) is 5.95. The molecule has 2 aromatic rings. The predicted octanol–water partition coefficient (Wildman–Crippen LogP) is 3.22. The van der Waals surface area contributed by atoms with Crippen LogP contribution in [0.4, 0.5) is 5.69 Å². The lowest BCUT2D eigenvalue weighted by atomic mass is 10.0. The van der Waals surface area contributed by atoms with Crippen molar-refractivity contribution in [2.45, 2.75) is 31.7 Å². The zero-order valence-corrected chi connectivity index (χ0v) is 14.5. The van der Waals surface area contributed by atoms with Gasteiger partial charge in [-0.05, 0) is 54.5 Å². The SMILES string of the molecule is O=C1CCc2cc(OCC(=O)NC(c3ccccc3)C3CC3)ccc2N1. The highest BCUT2D eigenvalue weighted by Gasteiger charge is 2.33. The number of nitrogens with one attached hydrogen (secondary N) is 2. The lowest BCUT2D eigenvalue weighted by molar-refractivity contribution is -0.124. The number of hydrogen-bond donors (Lipinski definition) is 2. The third kappa shape index (κ3) is 3.87. The van der Waals surface area contributed by atoms with Gasteiger partial charge in [-0.25, -0.2) is 0 Å². The smallest absolute Gasteiger partial charge is 0.258 e. The van der Waals surface area contributed by atoms with Crippen LogP contribution in [0.2, 0.25) is 0 Å². The molecule has 5 heteroatoms. The molecule has 4 rings (SSSR count). The van der Waals surface area contributed by atoms with Crippen LogP contribution in [-0.2, 0) is 16.0 Å². The van der Waals surface area contributed by atoms with Crippen LogP contribution in [0.25, 0.3) is 0 Å². The highest BCUT2D eigenvalue weighted by molar-refractivity contribution is 5.94. The first-order valence-corrected chi connectivity index (χ1v) is 9.09. The van der Waals surface area contributed by atoms with E-state index in [-0.39, 0.29) is 24.5 Å². The number of amides is 2. The van der Waals surface area contributed by atoms with E-state index in [2.05, 4.69) is 22.8 Å². The molecular weight excluding hydrogens is 328 g/mol. The van der Waals surface area contributed by atoms with Gasteiger partial charge in [-0.1, -0.05) is 30.3 Å². The van der Waals surface area contributed by atoms with E-state index < -0.39 is 0 Å². The van der Waals surface area contributed by atoms with Gasteiger partial charge >= 0.3 is 0 Å². The number of carbonyl (C=O) groups is 2. The molecule has 0 radical (unpaired) electrons. The molecule has 2 aromatic carbocycles. The Labute approximate surface area is 152 Å². The number of fused-ring (bicyclic) bond motifs is 1. The first kappa shape index (κ1) is 16.6. The molecule has 2 N–H and O–H groups in total. The van der Waals surface area contributed by atoms with Gasteiger partial charge in [0.1, 0.15) is 5.75 Å². The predicted molar refractivity (Wildman–Crippen MR) is 98.9 cm³/mol. The normalized spacial score (nSPS) is 17.0. The summed E-state index contributed by atoms with van der Waals surface area (Å²) in [6.45, 7) is -0.0127. The zero-order valence-electron chi connectivity index (χ0n) is 14.5. The van der Waals surface area contributed by atoms with Crippen LogP contribution >= 0.6 is 0 Å². The number of anilines is 1. The van der Waals surface area contributed by atoms with E-state index in [1.807, 2.05) is 30.3 Å². The van der Waals surface area contributed by atoms with Gasteiger partial charge in [0, 0.05) is 12.1 Å². The van der Waals surface area contributed by atoms with E-state index in [1.54, 1.807) is 6.07 Å². The van der Waals surface area contributed by atoms with Crippen molar-refractivity contribution in [1.29, 1.82) is 0 Å². The second-order valence-corrected chi connectivity index (χ2v) is 6.95. The maximum atomic E-state index is 12.4. The van der Waals surface area contributed by atoms with Crippen molar-refractivity contribution in [3.8, 4) is 5.75 Å². The third-order valence-corrected chi connectivity index (χ3v) is 4.91. The molecule has 0 aromatic heterocycles. The van der Waals surface area contributed by atoms with Gasteiger partial charge in [-0.2, -0.15) is 0 Å². The van der Waals surface area contributed by atoms with Crippen LogP contribution in [0, 0.1) is 5.92 Å². The van der Waals surface area contributed by atoms with Crippen LogP contribution < -0.4 is 15.4 Å². The fraction of sp³-hybridized carbons (Fsp3) is 0.333. The van der Waals surface area contributed by atoms with Crippen molar-refractivity contribution in [2.75, 3.05) is 11.9 Å². The third-order valence-electron chi connectivity index (χ3n) is 4.91. The Morgan fingerprint density at radius 2 is 1.96 bits per heavy atom. The molecule has 1 fully saturated rings. The molecule has 1 heterocycles. The minimum absolute atomic E-state index is 0.0127. The van der Waals surface area contributed by atoms with E-state index in [0.29, 0.717) is 24.5 Å². The largest absolute Gasteiger partial charge is 0.484 e. The van der Waals surface area contributed by atoms with Crippen LogP contribution in [0.15, 0.2) is 48.5 Å². The van der Waals surface area contributed by atoms with Crippen molar-refractivity contribution in [3.63, 3.8) is 0 Å². The Morgan fingerprint density at radius 3 is 2.73 bits per heavy atom. The van der Waals surface area contributed by atoms with Crippen LogP contribution in [0.3, 0.4) is 0 Å². The fourth-order valence-corrected chi connectivity index (χ4v) is 3.38. The van der Waals surface area contributed by atoms with Gasteiger partial charge in [0.05, 0.1) is 6.04 Å². The van der Waals surface area contributed by atoms with E-state index in [1.165, 1.54) is 0 Å². The minimum atomic E-state index is -0.114.